The third-order valence-corrected chi connectivity index (χ3v) is 2.87. The highest BCUT2D eigenvalue weighted by molar-refractivity contribution is 9.10. The maximum atomic E-state index is 5.80. The van der Waals surface area contributed by atoms with Crippen LogP contribution in [0.25, 0.3) is 11.0 Å². The molecule has 0 aromatic carbocycles. The van der Waals surface area contributed by atoms with Crippen molar-refractivity contribution in [1.82, 2.24) is 14.5 Å². The number of halogens is 1. The molecule has 0 aliphatic heterocycles. The molecule has 1 saturated carbocycles. The number of hydrogen-bond acceptors (Lipinski definition) is 3. The van der Waals surface area contributed by atoms with E-state index in [2.05, 4.69) is 30.5 Å². The van der Waals surface area contributed by atoms with Crippen LogP contribution in [-0.2, 0) is 0 Å². The molecule has 0 bridgehead atoms. The molecular weight excluding hydrogens is 244 g/mol. The Bertz CT molecular complexity index is 501. The molecule has 2 aromatic rings. The molecule has 3 rings (SSSR count). The van der Waals surface area contributed by atoms with E-state index in [0.29, 0.717) is 16.6 Å². The van der Waals surface area contributed by atoms with E-state index >= 15 is 0 Å². The number of hydrogen-bond donors (Lipinski definition) is 1. The second-order valence-electron chi connectivity index (χ2n) is 3.57. The van der Waals surface area contributed by atoms with Crippen molar-refractivity contribution in [2.75, 3.05) is 5.73 Å². The van der Waals surface area contributed by atoms with Crippen LogP contribution in [0, 0.1) is 0 Å². The van der Waals surface area contributed by atoms with Crippen molar-refractivity contribution in [2.24, 2.45) is 0 Å². The Balaban J connectivity index is 2.33. The van der Waals surface area contributed by atoms with Gasteiger partial charge in [0.2, 0.25) is 4.73 Å². The number of nitrogens with two attached hydrogens (primary N) is 1. The summed E-state index contributed by atoms with van der Waals surface area (Å²) < 4.78 is 2.74. The predicted octanol–water partition coefficient (Wildman–Crippen LogP) is 2.11. The zero-order chi connectivity index (χ0) is 9.71. The molecule has 4 nitrogen and oxygen atoms in total. The maximum Gasteiger partial charge on any atom is 0.200 e. The zero-order valence-electron chi connectivity index (χ0n) is 7.44. The van der Waals surface area contributed by atoms with E-state index in [1.807, 2.05) is 12.3 Å². The molecule has 0 radical (unpaired) electrons. The lowest BCUT2D eigenvalue weighted by Crippen LogP contribution is -1.98. The smallest absolute Gasteiger partial charge is 0.200 e. The second kappa shape index (κ2) is 2.70. The maximum absolute atomic E-state index is 5.80. The molecule has 1 fully saturated rings. The Morgan fingerprint density at radius 1 is 1.43 bits per heavy atom. The molecule has 0 spiro atoms. The highest BCUT2D eigenvalue weighted by Gasteiger charge is 2.25. The van der Waals surface area contributed by atoms with Gasteiger partial charge in [0.05, 0.1) is 5.39 Å². The number of anilines is 1. The average Bonchev–Trinajstić information content (AvgIpc) is 2.87. The summed E-state index contributed by atoms with van der Waals surface area (Å²) in [6.07, 6.45) is 4.52. The summed E-state index contributed by atoms with van der Waals surface area (Å²) in [6, 6.07) is 2.60. The van der Waals surface area contributed by atoms with Crippen LogP contribution in [0.5, 0.6) is 0 Å². The number of nitrogens with zero attached hydrogens (tertiary/aromatic N) is 3. The Kier molecular flexibility index (Phi) is 1.58. The summed E-state index contributed by atoms with van der Waals surface area (Å²) in [5.41, 5.74) is 6.73. The van der Waals surface area contributed by atoms with Gasteiger partial charge in [0.25, 0.3) is 0 Å². The van der Waals surface area contributed by atoms with Gasteiger partial charge in [-0.3, -0.25) is 0 Å². The van der Waals surface area contributed by atoms with Gasteiger partial charge in [-0.05, 0) is 34.8 Å². The monoisotopic (exact) mass is 252 g/mol. The van der Waals surface area contributed by atoms with Crippen molar-refractivity contribution < 1.29 is 0 Å². The Morgan fingerprint density at radius 3 is 2.93 bits per heavy atom. The Morgan fingerprint density at radius 2 is 2.21 bits per heavy atom. The Hall–Kier alpha value is -1.10. The van der Waals surface area contributed by atoms with Crippen LogP contribution in [0.15, 0.2) is 17.0 Å². The van der Waals surface area contributed by atoms with Crippen molar-refractivity contribution >= 4 is 32.8 Å². The summed E-state index contributed by atoms with van der Waals surface area (Å²) in [6.45, 7) is 0. The van der Waals surface area contributed by atoms with Crippen molar-refractivity contribution in [3.63, 3.8) is 0 Å². The minimum absolute atomic E-state index is 0.543. The van der Waals surface area contributed by atoms with E-state index < -0.39 is 0 Å². The summed E-state index contributed by atoms with van der Waals surface area (Å²) in [5, 5.41) is 0.945. The molecule has 0 atom stereocenters. The highest BCUT2D eigenvalue weighted by atomic mass is 79.9. The SMILES string of the molecule is Nc1nc(Br)nc2c1ccn2C1CC1. The van der Waals surface area contributed by atoms with E-state index in [9.17, 15) is 0 Å². The van der Waals surface area contributed by atoms with Gasteiger partial charge in [-0.15, -0.1) is 0 Å². The van der Waals surface area contributed by atoms with E-state index in [1.165, 1.54) is 12.8 Å². The largest absolute Gasteiger partial charge is 0.383 e. The molecule has 72 valence electrons. The van der Waals surface area contributed by atoms with Gasteiger partial charge in [-0.2, -0.15) is 0 Å². The van der Waals surface area contributed by atoms with Crippen LogP contribution in [0.4, 0.5) is 5.82 Å². The van der Waals surface area contributed by atoms with Gasteiger partial charge in [-0.25, -0.2) is 9.97 Å². The zero-order valence-corrected chi connectivity index (χ0v) is 9.03. The van der Waals surface area contributed by atoms with Gasteiger partial charge in [0.15, 0.2) is 0 Å². The van der Waals surface area contributed by atoms with E-state index in [1.54, 1.807) is 0 Å². The quantitative estimate of drug-likeness (QED) is 0.792. The van der Waals surface area contributed by atoms with Crippen LogP contribution in [0.2, 0.25) is 0 Å². The van der Waals surface area contributed by atoms with Gasteiger partial charge < -0.3 is 10.3 Å². The van der Waals surface area contributed by atoms with Crippen LogP contribution in [0.3, 0.4) is 0 Å². The first-order valence-electron chi connectivity index (χ1n) is 4.55. The van der Waals surface area contributed by atoms with Crippen LogP contribution in [0.1, 0.15) is 18.9 Å². The molecule has 5 heteroatoms. The third-order valence-electron chi connectivity index (χ3n) is 2.51. The molecule has 2 N–H and O–H groups in total. The summed E-state index contributed by atoms with van der Waals surface area (Å²) in [5.74, 6) is 0.543. The van der Waals surface area contributed by atoms with Gasteiger partial charge in [-0.1, -0.05) is 0 Å². The van der Waals surface area contributed by atoms with Crippen molar-refractivity contribution in [3.05, 3.63) is 17.0 Å². The third kappa shape index (κ3) is 1.12. The fraction of sp³-hybridized carbons (Fsp3) is 0.333. The standard InChI is InChI=1S/C9H9BrN4/c10-9-12-7(11)6-3-4-14(5-1-2-5)8(6)13-9/h3-5H,1-2H2,(H2,11,12,13). The van der Waals surface area contributed by atoms with Crippen molar-refractivity contribution in [1.29, 1.82) is 0 Å². The molecule has 0 amide bonds. The fourth-order valence-electron chi connectivity index (χ4n) is 1.68. The normalized spacial score (nSPS) is 16.4. The molecule has 0 saturated heterocycles. The van der Waals surface area contributed by atoms with Gasteiger partial charge in [0.1, 0.15) is 11.5 Å². The molecule has 1 aliphatic carbocycles. The van der Waals surface area contributed by atoms with E-state index in [0.717, 1.165) is 11.0 Å². The molecule has 0 unspecified atom stereocenters. The molecular formula is C9H9BrN4. The van der Waals surface area contributed by atoms with Crippen LogP contribution in [-0.4, -0.2) is 14.5 Å². The number of nitrogen functional groups attached to an aromatic ring is 1. The van der Waals surface area contributed by atoms with Crippen LogP contribution < -0.4 is 5.73 Å². The molecule has 14 heavy (non-hydrogen) atoms. The summed E-state index contributed by atoms with van der Waals surface area (Å²) in [4.78, 5) is 8.41. The molecule has 2 aromatic heterocycles. The van der Waals surface area contributed by atoms with Crippen molar-refractivity contribution in [3.8, 4) is 0 Å². The first-order valence-corrected chi connectivity index (χ1v) is 5.34. The minimum Gasteiger partial charge on any atom is -0.383 e. The minimum atomic E-state index is 0.543. The summed E-state index contributed by atoms with van der Waals surface area (Å²) in [7, 11) is 0. The number of rotatable bonds is 1. The number of aromatic nitrogens is 3. The molecule has 2 heterocycles. The van der Waals surface area contributed by atoms with Crippen molar-refractivity contribution in [2.45, 2.75) is 18.9 Å². The fourth-order valence-corrected chi connectivity index (χ4v) is 2.04. The average molecular weight is 253 g/mol. The number of fused-ring (bicyclic) bond motifs is 1. The topological polar surface area (TPSA) is 56.7 Å². The second-order valence-corrected chi connectivity index (χ2v) is 4.28. The lowest BCUT2D eigenvalue weighted by Gasteiger charge is -2.02. The van der Waals surface area contributed by atoms with Crippen LogP contribution >= 0.6 is 15.9 Å². The lowest BCUT2D eigenvalue weighted by atomic mass is 10.4. The first kappa shape index (κ1) is 8.23. The Labute approximate surface area is 89.3 Å². The predicted molar refractivity (Wildman–Crippen MR) is 57.9 cm³/mol. The van der Waals surface area contributed by atoms with E-state index in [-0.39, 0.29) is 0 Å². The highest BCUT2D eigenvalue weighted by Crippen LogP contribution is 2.38. The molecule has 1 aliphatic rings. The lowest BCUT2D eigenvalue weighted by molar-refractivity contribution is 0.764. The first-order chi connectivity index (χ1) is 6.75. The van der Waals surface area contributed by atoms with E-state index in [4.69, 9.17) is 5.73 Å². The summed E-state index contributed by atoms with van der Waals surface area (Å²) >= 11 is 3.26. The van der Waals surface area contributed by atoms with Gasteiger partial charge >= 0.3 is 0 Å². The van der Waals surface area contributed by atoms with Gasteiger partial charge in [0, 0.05) is 12.2 Å².